The fraction of sp³-hybridized carbons (Fsp3) is 0.364. The number of urea groups is 1. The van der Waals surface area contributed by atoms with E-state index in [1.54, 1.807) is 0 Å². The van der Waals surface area contributed by atoms with E-state index < -0.39 is 0 Å². The molecular formula is C11H15BrN2O2. The summed E-state index contributed by atoms with van der Waals surface area (Å²) in [7, 11) is 0. The number of rotatable bonds is 5. The molecule has 0 saturated heterocycles. The number of halogens is 1. The highest BCUT2D eigenvalue weighted by Crippen LogP contribution is 2.11. The molecule has 0 unspecified atom stereocenters. The number of benzene rings is 1. The van der Waals surface area contributed by atoms with Crippen LogP contribution in [0.2, 0.25) is 0 Å². The number of hydrogen-bond donors (Lipinski definition) is 3. The zero-order valence-corrected chi connectivity index (χ0v) is 10.5. The number of hydrogen-bond acceptors (Lipinski definition) is 2. The lowest BCUT2D eigenvalue weighted by molar-refractivity contribution is 0.234. The van der Waals surface area contributed by atoms with Gasteiger partial charge >= 0.3 is 6.03 Å². The summed E-state index contributed by atoms with van der Waals surface area (Å²) in [5.74, 6) is 0. The minimum absolute atomic E-state index is 0.0426. The number of aliphatic hydroxyl groups excluding tert-OH is 1. The first kappa shape index (κ1) is 13.0. The summed E-state index contributed by atoms with van der Waals surface area (Å²) in [6.07, 6.45) is 0.784. The molecule has 0 aliphatic heterocycles. The van der Waals surface area contributed by atoms with Crippen LogP contribution in [0.25, 0.3) is 0 Å². The van der Waals surface area contributed by atoms with Gasteiger partial charge < -0.3 is 15.7 Å². The van der Waals surface area contributed by atoms with E-state index in [-0.39, 0.29) is 19.2 Å². The average molecular weight is 287 g/mol. The van der Waals surface area contributed by atoms with Gasteiger partial charge in [0.1, 0.15) is 0 Å². The van der Waals surface area contributed by atoms with Gasteiger partial charge in [-0.05, 0) is 24.1 Å². The molecule has 5 heteroatoms. The smallest absolute Gasteiger partial charge is 0.314 e. The average Bonchev–Trinajstić information content (AvgIpc) is 2.26. The summed E-state index contributed by atoms with van der Waals surface area (Å²) in [5.41, 5.74) is 1.16. The van der Waals surface area contributed by atoms with Crippen LogP contribution in [0.1, 0.15) is 5.56 Å². The van der Waals surface area contributed by atoms with E-state index in [0.29, 0.717) is 6.54 Å². The van der Waals surface area contributed by atoms with E-state index >= 15 is 0 Å². The second kappa shape index (κ2) is 7.24. The van der Waals surface area contributed by atoms with Crippen molar-refractivity contribution >= 4 is 22.0 Å². The predicted molar refractivity (Wildman–Crippen MR) is 66.3 cm³/mol. The largest absolute Gasteiger partial charge is 0.395 e. The molecule has 1 rings (SSSR count). The molecule has 0 aliphatic carbocycles. The van der Waals surface area contributed by atoms with Crippen LogP contribution in [0, 0.1) is 0 Å². The van der Waals surface area contributed by atoms with E-state index in [4.69, 9.17) is 5.11 Å². The lowest BCUT2D eigenvalue weighted by Gasteiger charge is -2.06. The van der Waals surface area contributed by atoms with Crippen LogP contribution in [-0.4, -0.2) is 30.8 Å². The number of carbonyl (C=O) groups excluding carboxylic acids is 1. The maximum Gasteiger partial charge on any atom is 0.314 e. The Morgan fingerprint density at radius 1 is 1.31 bits per heavy atom. The van der Waals surface area contributed by atoms with Gasteiger partial charge in [-0.2, -0.15) is 0 Å². The minimum Gasteiger partial charge on any atom is -0.395 e. The van der Waals surface area contributed by atoms with Crippen LogP contribution >= 0.6 is 15.9 Å². The van der Waals surface area contributed by atoms with Gasteiger partial charge in [0.05, 0.1) is 6.61 Å². The van der Waals surface area contributed by atoms with Gasteiger partial charge in [-0.15, -0.1) is 0 Å². The highest BCUT2D eigenvalue weighted by atomic mass is 79.9. The van der Waals surface area contributed by atoms with Gasteiger partial charge in [0.15, 0.2) is 0 Å². The third-order valence-electron chi connectivity index (χ3n) is 1.99. The molecule has 1 aromatic carbocycles. The molecule has 0 spiro atoms. The number of amides is 2. The van der Waals surface area contributed by atoms with Crippen molar-refractivity contribution in [3.63, 3.8) is 0 Å². The third-order valence-corrected chi connectivity index (χ3v) is 2.48. The van der Waals surface area contributed by atoms with E-state index in [2.05, 4.69) is 26.6 Å². The molecule has 0 saturated carbocycles. The fourth-order valence-electron chi connectivity index (χ4n) is 1.24. The monoisotopic (exact) mass is 286 g/mol. The molecule has 0 bridgehead atoms. The molecule has 0 radical (unpaired) electrons. The lowest BCUT2D eigenvalue weighted by atomic mass is 10.1. The Morgan fingerprint density at radius 3 is 2.75 bits per heavy atom. The molecule has 16 heavy (non-hydrogen) atoms. The van der Waals surface area contributed by atoms with Gasteiger partial charge in [0.25, 0.3) is 0 Å². The van der Waals surface area contributed by atoms with E-state index in [1.807, 2.05) is 24.3 Å². The first-order chi connectivity index (χ1) is 7.72. The SMILES string of the molecule is O=C(NCCO)NCCc1cccc(Br)c1. The molecule has 1 aromatic rings. The van der Waals surface area contributed by atoms with Crippen molar-refractivity contribution in [3.05, 3.63) is 34.3 Å². The molecule has 0 heterocycles. The normalized spacial score (nSPS) is 9.88. The molecular weight excluding hydrogens is 272 g/mol. The summed E-state index contributed by atoms with van der Waals surface area (Å²) < 4.78 is 1.04. The Labute approximate surface area is 103 Å². The van der Waals surface area contributed by atoms with E-state index in [1.165, 1.54) is 0 Å². The molecule has 0 aromatic heterocycles. The van der Waals surface area contributed by atoms with Crippen LogP contribution in [-0.2, 0) is 6.42 Å². The van der Waals surface area contributed by atoms with Crippen molar-refractivity contribution in [2.75, 3.05) is 19.7 Å². The molecule has 0 fully saturated rings. The van der Waals surface area contributed by atoms with Crippen LogP contribution in [0.3, 0.4) is 0 Å². The van der Waals surface area contributed by atoms with E-state index in [0.717, 1.165) is 16.5 Å². The Kier molecular flexibility index (Phi) is 5.88. The Hall–Kier alpha value is -1.07. The summed E-state index contributed by atoms with van der Waals surface area (Å²) >= 11 is 3.39. The molecule has 0 atom stereocenters. The first-order valence-electron chi connectivity index (χ1n) is 5.09. The van der Waals surface area contributed by atoms with Gasteiger partial charge in [-0.1, -0.05) is 28.1 Å². The van der Waals surface area contributed by atoms with Gasteiger partial charge in [-0.25, -0.2) is 4.79 Å². The minimum atomic E-state index is -0.246. The lowest BCUT2D eigenvalue weighted by Crippen LogP contribution is -2.37. The van der Waals surface area contributed by atoms with Crippen molar-refractivity contribution in [1.29, 1.82) is 0 Å². The highest BCUT2D eigenvalue weighted by molar-refractivity contribution is 9.10. The maximum absolute atomic E-state index is 11.1. The zero-order valence-electron chi connectivity index (χ0n) is 8.87. The van der Waals surface area contributed by atoms with Gasteiger partial charge in [0, 0.05) is 17.6 Å². The molecule has 3 N–H and O–H groups in total. The summed E-state index contributed by atoms with van der Waals surface area (Å²) in [6.45, 7) is 0.815. The number of aliphatic hydroxyl groups is 1. The molecule has 88 valence electrons. The maximum atomic E-state index is 11.1. The molecule has 4 nitrogen and oxygen atoms in total. The first-order valence-corrected chi connectivity index (χ1v) is 5.88. The molecule has 2 amide bonds. The summed E-state index contributed by atoms with van der Waals surface area (Å²) in [4.78, 5) is 11.1. The highest BCUT2D eigenvalue weighted by Gasteiger charge is 1.98. The number of carbonyl (C=O) groups is 1. The zero-order chi connectivity index (χ0) is 11.8. The van der Waals surface area contributed by atoms with Crippen LogP contribution in [0.15, 0.2) is 28.7 Å². The number of nitrogens with one attached hydrogen (secondary N) is 2. The van der Waals surface area contributed by atoms with Gasteiger partial charge in [-0.3, -0.25) is 0 Å². The van der Waals surface area contributed by atoms with Gasteiger partial charge in [0.2, 0.25) is 0 Å². The van der Waals surface area contributed by atoms with Crippen molar-refractivity contribution in [3.8, 4) is 0 Å². The second-order valence-corrected chi connectivity index (χ2v) is 4.20. The fourth-order valence-corrected chi connectivity index (χ4v) is 1.69. The van der Waals surface area contributed by atoms with Crippen LogP contribution in [0.4, 0.5) is 4.79 Å². The second-order valence-electron chi connectivity index (χ2n) is 3.29. The predicted octanol–water partition coefficient (Wildman–Crippen LogP) is 1.28. The summed E-state index contributed by atoms with van der Waals surface area (Å²) in [5, 5.41) is 13.7. The van der Waals surface area contributed by atoms with Crippen molar-refractivity contribution in [2.45, 2.75) is 6.42 Å². The van der Waals surface area contributed by atoms with Crippen molar-refractivity contribution in [2.24, 2.45) is 0 Å². The van der Waals surface area contributed by atoms with Crippen LogP contribution in [0.5, 0.6) is 0 Å². The Morgan fingerprint density at radius 2 is 2.06 bits per heavy atom. The van der Waals surface area contributed by atoms with Crippen LogP contribution < -0.4 is 10.6 Å². The summed E-state index contributed by atoms with van der Waals surface area (Å²) in [6, 6.07) is 7.71. The van der Waals surface area contributed by atoms with E-state index in [9.17, 15) is 4.79 Å². The quantitative estimate of drug-likeness (QED) is 0.764. The topological polar surface area (TPSA) is 61.4 Å². The van der Waals surface area contributed by atoms with Crippen molar-refractivity contribution < 1.29 is 9.90 Å². The molecule has 0 aliphatic rings. The Balaban J connectivity index is 2.22. The Bertz CT molecular complexity index is 345. The van der Waals surface area contributed by atoms with Crippen molar-refractivity contribution in [1.82, 2.24) is 10.6 Å². The third kappa shape index (κ3) is 5.14. The standard InChI is InChI=1S/C11H15BrN2O2/c12-10-3-1-2-9(8-10)4-5-13-11(16)14-6-7-15/h1-3,8,15H,4-7H2,(H2,13,14,16).